The quantitative estimate of drug-likeness (QED) is 0.733. The van der Waals surface area contributed by atoms with Gasteiger partial charge in [-0.3, -0.25) is 14.3 Å². The molecule has 140 valence electrons. The van der Waals surface area contributed by atoms with Crippen LogP contribution in [0.25, 0.3) is 10.9 Å². The van der Waals surface area contributed by atoms with Crippen LogP contribution in [0.2, 0.25) is 0 Å². The molecule has 0 spiro atoms. The Morgan fingerprint density at radius 3 is 2.85 bits per heavy atom. The molecule has 7 nitrogen and oxygen atoms in total. The van der Waals surface area contributed by atoms with Crippen LogP contribution in [0.3, 0.4) is 0 Å². The number of fused-ring (bicyclic) bond motifs is 1. The zero-order valence-corrected chi connectivity index (χ0v) is 15.6. The molecule has 0 aliphatic carbocycles. The van der Waals surface area contributed by atoms with Crippen LogP contribution in [0.15, 0.2) is 24.3 Å². The molecular formula is C19H27N5O2. The van der Waals surface area contributed by atoms with Crippen LogP contribution < -0.4 is 16.0 Å². The van der Waals surface area contributed by atoms with Gasteiger partial charge >= 0.3 is 0 Å². The highest BCUT2D eigenvalue weighted by Gasteiger charge is 2.27. The third-order valence-corrected chi connectivity index (χ3v) is 4.74. The van der Waals surface area contributed by atoms with E-state index in [1.54, 1.807) is 0 Å². The summed E-state index contributed by atoms with van der Waals surface area (Å²) in [5.74, 6) is -0.143. The second-order valence-corrected chi connectivity index (χ2v) is 7.19. The number of aromatic nitrogens is 2. The van der Waals surface area contributed by atoms with Crippen molar-refractivity contribution in [2.75, 3.05) is 13.1 Å². The van der Waals surface area contributed by atoms with E-state index < -0.39 is 0 Å². The second-order valence-electron chi connectivity index (χ2n) is 7.19. The lowest BCUT2D eigenvalue weighted by molar-refractivity contribution is -0.118. The number of carbonyl (C=O) groups is 2. The van der Waals surface area contributed by atoms with E-state index in [2.05, 4.69) is 34.9 Å². The molecule has 2 amide bonds. The predicted octanol–water partition coefficient (Wildman–Crippen LogP) is 1.60. The molecule has 2 aromatic rings. The fourth-order valence-corrected chi connectivity index (χ4v) is 3.48. The summed E-state index contributed by atoms with van der Waals surface area (Å²) in [6.45, 7) is 7.02. The van der Waals surface area contributed by atoms with Crippen molar-refractivity contribution in [2.24, 2.45) is 0 Å². The lowest BCUT2D eigenvalue weighted by Crippen LogP contribution is -2.36. The molecule has 1 saturated heterocycles. The van der Waals surface area contributed by atoms with Crippen LogP contribution in [0, 0.1) is 0 Å². The van der Waals surface area contributed by atoms with Crippen LogP contribution in [-0.2, 0) is 4.79 Å². The standard InChI is InChI=1S/C19H27N5O2/c1-12(2)24-17-7-5-4-6-16(17)18(23-24)19(26)22-15-10-14(21-11-15)8-9-20-13(3)25/h4-7,12,14-15,21H,8-11H2,1-3H3,(H,20,25)(H,22,26)/t14-,15-/m0/s1. The lowest BCUT2D eigenvalue weighted by atomic mass is 10.1. The van der Waals surface area contributed by atoms with Crippen molar-refractivity contribution in [3.63, 3.8) is 0 Å². The SMILES string of the molecule is CC(=O)NCC[C@H]1C[C@H](NC(=O)c2nn(C(C)C)c3ccccc23)CN1. The molecule has 0 unspecified atom stereocenters. The van der Waals surface area contributed by atoms with Crippen molar-refractivity contribution in [2.45, 2.75) is 51.7 Å². The van der Waals surface area contributed by atoms with Gasteiger partial charge in [0, 0.05) is 43.5 Å². The maximum Gasteiger partial charge on any atom is 0.272 e. The van der Waals surface area contributed by atoms with Crippen LogP contribution in [-0.4, -0.2) is 46.8 Å². The monoisotopic (exact) mass is 357 g/mol. The average Bonchev–Trinajstić information content (AvgIpc) is 3.19. The normalized spacial score (nSPS) is 19.8. The third kappa shape index (κ3) is 4.04. The first kappa shape index (κ1) is 18.4. The molecule has 26 heavy (non-hydrogen) atoms. The number of amides is 2. The molecule has 0 saturated carbocycles. The number of hydrogen-bond acceptors (Lipinski definition) is 4. The second kappa shape index (κ2) is 7.86. The number of hydrogen-bond donors (Lipinski definition) is 3. The van der Waals surface area contributed by atoms with Gasteiger partial charge in [-0.05, 0) is 32.8 Å². The topological polar surface area (TPSA) is 88.1 Å². The number of para-hydroxylation sites is 1. The molecule has 1 aromatic heterocycles. The molecule has 1 aromatic carbocycles. The molecule has 3 rings (SSSR count). The van der Waals surface area contributed by atoms with Gasteiger partial charge < -0.3 is 16.0 Å². The number of rotatable bonds is 6. The fraction of sp³-hybridized carbons (Fsp3) is 0.526. The van der Waals surface area contributed by atoms with E-state index in [0.29, 0.717) is 18.3 Å². The Bertz CT molecular complexity index is 798. The van der Waals surface area contributed by atoms with Gasteiger partial charge in [0.1, 0.15) is 0 Å². The maximum absolute atomic E-state index is 12.8. The lowest BCUT2D eigenvalue weighted by Gasteiger charge is -2.12. The van der Waals surface area contributed by atoms with E-state index in [-0.39, 0.29) is 23.9 Å². The van der Waals surface area contributed by atoms with Gasteiger partial charge in [0.2, 0.25) is 5.91 Å². The summed E-state index contributed by atoms with van der Waals surface area (Å²) in [7, 11) is 0. The first-order chi connectivity index (χ1) is 12.5. The van der Waals surface area contributed by atoms with Gasteiger partial charge in [0.05, 0.1) is 5.52 Å². The van der Waals surface area contributed by atoms with E-state index in [0.717, 1.165) is 30.3 Å². The smallest absolute Gasteiger partial charge is 0.272 e. The van der Waals surface area contributed by atoms with E-state index >= 15 is 0 Å². The average molecular weight is 357 g/mol. The van der Waals surface area contributed by atoms with Crippen molar-refractivity contribution in [1.82, 2.24) is 25.7 Å². The van der Waals surface area contributed by atoms with Crippen molar-refractivity contribution in [1.29, 1.82) is 0 Å². The predicted molar refractivity (Wildman–Crippen MR) is 101 cm³/mol. The van der Waals surface area contributed by atoms with Crippen molar-refractivity contribution >= 4 is 22.7 Å². The van der Waals surface area contributed by atoms with Crippen molar-refractivity contribution < 1.29 is 9.59 Å². The zero-order valence-electron chi connectivity index (χ0n) is 15.6. The first-order valence-corrected chi connectivity index (χ1v) is 9.21. The van der Waals surface area contributed by atoms with Gasteiger partial charge in [0.25, 0.3) is 5.91 Å². The Morgan fingerprint density at radius 1 is 1.35 bits per heavy atom. The number of benzene rings is 1. The Kier molecular flexibility index (Phi) is 5.56. The van der Waals surface area contributed by atoms with Gasteiger partial charge in [-0.15, -0.1) is 0 Å². The number of carbonyl (C=O) groups excluding carboxylic acids is 2. The highest BCUT2D eigenvalue weighted by molar-refractivity contribution is 6.05. The minimum atomic E-state index is -0.130. The molecule has 0 radical (unpaired) electrons. The summed E-state index contributed by atoms with van der Waals surface area (Å²) in [4.78, 5) is 23.7. The summed E-state index contributed by atoms with van der Waals surface area (Å²) in [5.41, 5.74) is 1.46. The molecule has 7 heteroatoms. The summed E-state index contributed by atoms with van der Waals surface area (Å²) < 4.78 is 1.90. The van der Waals surface area contributed by atoms with Crippen molar-refractivity contribution in [3.05, 3.63) is 30.0 Å². The molecule has 2 heterocycles. The molecule has 1 aliphatic heterocycles. The molecule has 2 atom stereocenters. The van der Waals surface area contributed by atoms with E-state index in [1.165, 1.54) is 6.92 Å². The van der Waals surface area contributed by atoms with Gasteiger partial charge in [-0.2, -0.15) is 5.10 Å². The minimum Gasteiger partial charge on any atom is -0.356 e. The highest BCUT2D eigenvalue weighted by atomic mass is 16.2. The summed E-state index contributed by atoms with van der Waals surface area (Å²) in [6, 6.07) is 8.40. The molecule has 3 N–H and O–H groups in total. The van der Waals surface area contributed by atoms with Gasteiger partial charge in [0.15, 0.2) is 5.69 Å². The Balaban J connectivity index is 1.64. The summed E-state index contributed by atoms with van der Waals surface area (Å²) in [6.07, 6.45) is 1.71. The largest absolute Gasteiger partial charge is 0.356 e. The van der Waals surface area contributed by atoms with Crippen LogP contribution in [0.5, 0.6) is 0 Å². The van der Waals surface area contributed by atoms with Crippen LogP contribution in [0.4, 0.5) is 0 Å². The molecule has 0 bridgehead atoms. The Morgan fingerprint density at radius 2 is 2.12 bits per heavy atom. The summed E-state index contributed by atoms with van der Waals surface area (Å²) >= 11 is 0. The van der Waals surface area contributed by atoms with Gasteiger partial charge in [-0.25, -0.2) is 0 Å². The summed E-state index contributed by atoms with van der Waals surface area (Å²) in [5, 5.41) is 14.8. The molecule has 1 fully saturated rings. The van der Waals surface area contributed by atoms with E-state index in [1.807, 2.05) is 28.9 Å². The van der Waals surface area contributed by atoms with Crippen LogP contribution in [0.1, 0.15) is 50.1 Å². The third-order valence-electron chi connectivity index (χ3n) is 4.74. The first-order valence-electron chi connectivity index (χ1n) is 9.21. The number of nitrogens with one attached hydrogen (secondary N) is 3. The minimum absolute atomic E-state index is 0.0135. The Hall–Kier alpha value is -2.41. The zero-order chi connectivity index (χ0) is 18.7. The van der Waals surface area contributed by atoms with E-state index in [4.69, 9.17) is 0 Å². The fourth-order valence-electron chi connectivity index (χ4n) is 3.48. The van der Waals surface area contributed by atoms with Gasteiger partial charge in [-0.1, -0.05) is 18.2 Å². The Labute approximate surface area is 153 Å². The molecule has 1 aliphatic rings. The number of nitrogens with zero attached hydrogens (tertiary/aromatic N) is 2. The highest BCUT2D eigenvalue weighted by Crippen LogP contribution is 2.22. The van der Waals surface area contributed by atoms with Crippen molar-refractivity contribution in [3.8, 4) is 0 Å². The maximum atomic E-state index is 12.8. The van der Waals surface area contributed by atoms with E-state index in [9.17, 15) is 9.59 Å². The van der Waals surface area contributed by atoms with Crippen LogP contribution >= 0.6 is 0 Å². The molecular weight excluding hydrogens is 330 g/mol.